The van der Waals surface area contributed by atoms with Gasteiger partial charge in [0, 0.05) is 25.0 Å². The third kappa shape index (κ3) is 2.08. The van der Waals surface area contributed by atoms with Gasteiger partial charge in [-0.3, -0.25) is 4.79 Å². The highest BCUT2D eigenvalue weighted by Gasteiger charge is 2.25. The molecule has 1 saturated heterocycles. The molecule has 0 spiro atoms. The third-order valence-corrected chi connectivity index (χ3v) is 2.81. The molecule has 2 heterocycles. The van der Waals surface area contributed by atoms with Gasteiger partial charge in [0.1, 0.15) is 6.26 Å². The van der Waals surface area contributed by atoms with E-state index in [0.717, 1.165) is 0 Å². The number of carboxylic acids is 1. The van der Waals surface area contributed by atoms with Gasteiger partial charge < -0.3 is 19.2 Å². The number of furan rings is 1. The number of hydrogen-bond donors (Lipinski definition) is 0. The fourth-order valence-electron chi connectivity index (χ4n) is 1.92. The zero-order valence-electron chi connectivity index (χ0n) is 8.72. The van der Waals surface area contributed by atoms with Crippen molar-refractivity contribution in [2.24, 2.45) is 5.92 Å². The van der Waals surface area contributed by atoms with Gasteiger partial charge in [-0.1, -0.05) is 0 Å². The maximum absolute atomic E-state index is 11.9. The predicted molar refractivity (Wildman–Crippen MR) is 52.3 cm³/mol. The topological polar surface area (TPSA) is 73.6 Å². The van der Waals surface area contributed by atoms with Crippen molar-refractivity contribution in [2.45, 2.75) is 12.8 Å². The third-order valence-electron chi connectivity index (χ3n) is 2.81. The first-order valence-corrected chi connectivity index (χ1v) is 5.21. The molecule has 0 aromatic carbocycles. The van der Waals surface area contributed by atoms with Crippen LogP contribution in [0.2, 0.25) is 0 Å². The van der Waals surface area contributed by atoms with E-state index in [1.807, 2.05) is 0 Å². The number of amides is 1. The standard InChI is InChI=1S/C11H13NO4/c13-10(9-3-5-16-7-9)12-4-1-2-8(6-12)11(14)15/h3,5,7-8H,1-2,4,6H2,(H,14,15)/p-1/t8-/m0/s1. The van der Waals surface area contributed by atoms with Crippen LogP contribution in [0.25, 0.3) is 0 Å². The summed E-state index contributed by atoms with van der Waals surface area (Å²) >= 11 is 0. The van der Waals surface area contributed by atoms with Crippen LogP contribution in [0.4, 0.5) is 0 Å². The van der Waals surface area contributed by atoms with E-state index in [-0.39, 0.29) is 12.5 Å². The Morgan fingerprint density at radius 3 is 2.94 bits per heavy atom. The van der Waals surface area contributed by atoms with Crippen LogP contribution in [0.1, 0.15) is 23.2 Å². The maximum Gasteiger partial charge on any atom is 0.257 e. The number of carboxylic acid groups (broad SMARTS) is 1. The van der Waals surface area contributed by atoms with Crippen LogP contribution in [0, 0.1) is 5.92 Å². The Hall–Kier alpha value is -1.78. The monoisotopic (exact) mass is 222 g/mol. The second-order valence-corrected chi connectivity index (χ2v) is 3.92. The van der Waals surface area contributed by atoms with E-state index < -0.39 is 11.9 Å². The molecule has 5 nitrogen and oxygen atoms in total. The van der Waals surface area contributed by atoms with Crippen LogP contribution in [0.3, 0.4) is 0 Å². The summed E-state index contributed by atoms with van der Waals surface area (Å²) < 4.78 is 4.82. The van der Waals surface area contributed by atoms with E-state index in [4.69, 9.17) is 4.42 Å². The molecule has 0 bridgehead atoms. The highest BCUT2D eigenvalue weighted by Crippen LogP contribution is 2.18. The predicted octanol–water partition coefficient (Wildman–Crippen LogP) is -0.118. The van der Waals surface area contributed by atoms with Crippen molar-refractivity contribution in [3.8, 4) is 0 Å². The zero-order chi connectivity index (χ0) is 11.5. The van der Waals surface area contributed by atoms with E-state index in [1.54, 1.807) is 6.07 Å². The van der Waals surface area contributed by atoms with E-state index in [1.165, 1.54) is 17.4 Å². The van der Waals surface area contributed by atoms with Gasteiger partial charge in [0.15, 0.2) is 0 Å². The SMILES string of the molecule is O=C([O-])[C@H]1CCCN(C(=O)c2ccoc2)C1. The van der Waals surface area contributed by atoms with Gasteiger partial charge in [0.2, 0.25) is 0 Å². The van der Waals surface area contributed by atoms with E-state index in [2.05, 4.69) is 0 Å². The van der Waals surface area contributed by atoms with Crippen molar-refractivity contribution in [1.82, 2.24) is 4.90 Å². The van der Waals surface area contributed by atoms with E-state index >= 15 is 0 Å². The summed E-state index contributed by atoms with van der Waals surface area (Å²) in [6, 6.07) is 1.57. The van der Waals surface area contributed by atoms with Crippen molar-refractivity contribution >= 4 is 11.9 Å². The first kappa shape index (κ1) is 10.7. The second kappa shape index (κ2) is 4.38. The Balaban J connectivity index is 2.05. The van der Waals surface area contributed by atoms with Crippen LogP contribution < -0.4 is 5.11 Å². The average molecular weight is 222 g/mol. The Morgan fingerprint density at radius 1 is 1.50 bits per heavy atom. The maximum atomic E-state index is 11.9. The molecule has 0 radical (unpaired) electrons. The molecule has 0 aliphatic carbocycles. The van der Waals surface area contributed by atoms with E-state index in [9.17, 15) is 14.7 Å². The Labute approximate surface area is 92.7 Å². The fraction of sp³-hybridized carbons (Fsp3) is 0.455. The lowest BCUT2D eigenvalue weighted by molar-refractivity contribution is -0.312. The van der Waals surface area contributed by atoms with Gasteiger partial charge in [-0.05, 0) is 18.9 Å². The van der Waals surface area contributed by atoms with Crippen LogP contribution in [-0.2, 0) is 4.79 Å². The van der Waals surface area contributed by atoms with Crippen LogP contribution in [-0.4, -0.2) is 29.9 Å². The molecule has 0 unspecified atom stereocenters. The highest BCUT2D eigenvalue weighted by atomic mass is 16.4. The van der Waals surface area contributed by atoms with E-state index in [0.29, 0.717) is 24.9 Å². The lowest BCUT2D eigenvalue weighted by atomic mass is 9.98. The number of rotatable bonds is 2. The first-order valence-electron chi connectivity index (χ1n) is 5.21. The number of carbonyl (C=O) groups excluding carboxylic acids is 2. The summed E-state index contributed by atoms with van der Waals surface area (Å²) in [6.45, 7) is 0.820. The Kier molecular flexibility index (Phi) is 2.94. The van der Waals surface area contributed by atoms with Crippen molar-refractivity contribution in [2.75, 3.05) is 13.1 Å². The number of piperidine rings is 1. The quantitative estimate of drug-likeness (QED) is 0.699. The van der Waals surface area contributed by atoms with Gasteiger partial charge >= 0.3 is 0 Å². The average Bonchev–Trinajstić information content (AvgIpc) is 2.81. The van der Waals surface area contributed by atoms with Crippen molar-refractivity contribution in [3.05, 3.63) is 24.2 Å². The number of likely N-dealkylation sites (tertiary alicyclic amines) is 1. The second-order valence-electron chi connectivity index (χ2n) is 3.92. The van der Waals surface area contributed by atoms with Crippen LogP contribution in [0.5, 0.6) is 0 Å². The molecule has 1 aliphatic heterocycles. The van der Waals surface area contributed by atoms with Crippen molar-refractivity contribution < 1.29 is 19.1 Å². The number of aliphatic carboxylic acids is 1. The smallest absolute Gasteiger partial charge is 0.257 e. The lowest BCUT2D eigenvalue weighted by Crippen LogP contribution is -2.46. The Morgan fingerprint density at radius 2 is 2.31 bits per heavy atom. The molecule has 1 aliphatic rings. The minimum atomic E-state index is -1.08. The molecular weight excluding hydrogens is 210 g/mol. The van der Waals surface area contributed by atoms with Gasteiger partial charge in [-0.25, -0.2) is 0 Å². The lowest BCUT2D eigenvalue weighted by Gasteiger charge is -2.32. The molecule has 1 fully saturated rings. The molecule has 2 rings (SSSR count). The van der Waals surface area contributed by atoms with Crippen LogP contribution in [0.15, 0.2) is 23.0 Å². The summed E-state index contributed by atoms with van der Waals surface area (Å²) in [5.41, 5.74) is 0.457. The Bertz CT molecular complexity index is 385. The summed E-state index contributed by atoms with van der Waals surface area (Å²) in [4.78, 5) is 24.2. The molecule has 1 aromatic heterocycles. The van der Waals surface area contributed by atoms with Gasteiger partial charge in [-0.2, -0.15) is 0 Å². The molecule has 0 N–H and O–H groups in total. The summed E-state index contributed by atoms with van der Waals surface area (Å²) in [6.07, 6.45) is 4.07. The fourth-order valence-corrected chi connectivity index (χ4v) is 1.92. The highest BCUT2D eigenvalue weighted by molar-refractivity contribution is 5.94. The number of hydrogen-bond acceptors (Lipinski definition) is 4. The minimum Gasteiger partial charge on any atom is -0.550 e. The largest absolute Gasteiger partial charge is 0.550 e. The summed E-state index contributed by atoms with van der Waals surface area (Å²) in [5.74, 6) is -1.81. The molecular formula is C11H12NO4-. The molecule has 0 saturated carbocycles. The summed E-state index contributed by atoms with van der Waals surface area (Å²) in [5, 5.41) is 10.7. The van der Waals surface area contributed by atoms with Crippen molar-refractivity contribution in [3.63, 3.8) is 0 Å². The van der Waals surface area contributed by atoms with Crippen LogP contribution >= 0.6 is 0 Å². The molecule has 5 heteroatoms. The number of carbonyl (C=O) groups is 2. The van der Waals surface area contributed by atoms with Gasteiger partial charge in [0.25, 0.3) is 5.91 Å². The minimum absolute atomic E-state index is 0.181. The zero-order valence-corrected chi connectivity index (χ0v) is 8.72. The molecule has 86 valence electrons. The summed E-state index contributed by atoms with van der Waals surface area (Å²) in [7, 11) is 0. The van der Waals surface area contributed by atoms with Crippen molar-refractivity contribution in [1.29, 1.82) is 0 Å². The molecule has 16 heavy (non-hydrogen) atoms. The van der Waals surface area contributed by atoms with Gasteiger partial charge in [0.05, 0.1) is 11.8 Å². The first-order chi connectivity index (χ1) is 7.68. The molecule has 1 amide bonds. The normalized spacial score (nSPS) is 20.8. The van der Waals surface area contributed by atoms with Gasteiger partial charge in [-0.15, -0.1) is 0 Å². The molecule has 1 atom stereocenters. The molecule has 1 aromatic rings. The number of nitrogens with zero attached hydrogens (tertiary/aromatic N) is 1.